The predicted octanol–water partition coefficient (Wildman–Crippen LogP) is 4.58. The fourth-order valence-electron chi connectivity index (χ4n) is 3.97. The molecule has 39 heavy (non-hydrogen) atoms. The van der Waals surface area contributed by atoms with Crippen LogP contribution in [-0.2, 0) is 22.1 Å². The van der Waals surface area contributed by atoms with Crippen LogP contribution in [0.3, 0.4) is 0 Å². The second-order valence-electron chi connectivity index (χ2n) is 10.0. The molecule has 0 amide bonds. The number of aliphatic imine (C=N–C) groups is 2. The highest BCUT2D eigenvalue weighted by Gasteiger charge is 2.30. The summed E-state index contributed by atoms with van der Waals surface area (Å²) in [5.74, 6) is 1.23. The van der Waals surface area contributed by atoms with Gasteiger partial charge in [0.1, 0.15) is 6.33 Å². The van der Waals surface area contributed by atoms with Gasteiger partial charge in [-0.3, -0.25) is 19.0 Å². The average Bonchev–Trinajstić information content (AvgIpc) is 3.76. The number of amidine groups is 2. The van der Waals surface area contributed by atoms with Crippen LogP contribution in [0, 0.1) is 6.92 Å². The normalized spacial score (nSPS) is 15.4. The summed E-state index contributed by atoms with van der Waals surface area (Å²) in [5, 5.41) is 3.22. The number of nitrogens with zero attached hydrogens (tertiary/aromatic N) is 6. The van der Waals surface area contributed by atoms with Crippen LogP contribution in [0.25, 0.3) is 5.70 Å². The lowest BCUT2D eigenvalue weighted by Gasteiger charge is -2.30. The maximum Gasteiger partial charge on any atom is 0.185 e. The lowest BCUT2D eigenvalue weighted by molar-refractivity contribution is -0.102. The monoisotopic (exact) mass is 549 g/mol. The number of carbonyl (C=O) groups is 1. The summed E-state index contributed by atoms with van der Waals surface area (Å²) in [7, 11) is 0.881. The Morgan fingerprint density at radius 2 is 2.00 bits per heavy atom. The lowest BCUT2D eigenvalue weighted by Crippen LogP contribution is -2.41. The van der Waals surface area contributed by atoms with Crippen molar-refractivity contribution >= 4 is 34.5 Å². The van der Waals surface area contributed by atoms with Crippen LogP contribution in [0.4, 0.5) is 0 Å². The number of likely N-dealkylation sites (N-methyl/N-ethyl adjacent to an activating group) is 1. The van der Waals surface area contributed by atoms with Crippen molar-refractivity contribution < 1.29 is 9.00 Å². The van der Waals surface area contributed by atoms with Crippen LogP contribution in [0.1, 0.15) is 75.5 Å². The first kappa shape index (κ1) is 30.0. The third kappa shape index (κ3) is 7.75. The number of pyridine rings is 1. The van der Waals surface area contributed by atoms with Gasteiger partial charge in [-0.1, -0.05) is 13.5 Å². The van der Waals surface area contributed by atoms with Gasteiger partial charge in [0.05, 0.1) is 50.7 Å². The van der Waals surface area contributed by atoms with Gasteiger partial charge in [0.2, 0.25) is 0 Å². The van der Waals surface area contributed by atoms with E-state index in [9.17, 15) is 9.00 Å². The third-order valence-electron chi connectivity index (χ3n) is 6.77. The molecule has 2 atom stereocenters. The Morgan fingerprint density at radius 1 is 1.28 bits per heavy atom. The first-order valence-electron chi connectivity index (χ1n) is 13.1. The standard InChI is InChI=1S/C29H39N7O2S/c1-9-19(4)36(7)29(34-21(6)26-20(5)32-17-33-28(26)22-10-11-22)27(18(2)3)35-25(16-37)31-14-23-12-13-24(15-30-23)39(8)38/h12-13,15-17,19,22H,6,9-11,14H2,1-5,7-8H3,(H,31,35)/t19-,39?/m0/s1. The Morgan fingerprint density at radius 3 is 2.54 bits per heavy atom. The van der Waals surface area contributed by atoms with Gasteiger partial charge in [-0.05, 0) is 64.7 Å². The van der Waals surface area contributed by atoms with E-state index in [-0.39, 0.29) is 18.4 Å². The molecule has 9 nitrogen and oxygen atoms in total. The molecule has 208 valence electrons. The van der Waals surface area contributed by atoms with Crippen molar-refractivity contribution in [2.24, 2.45) is 9.98 Å². The van der Waals surface area contributed by atoms with Crippen LogP contribution in [0.5, 0.6) is 0 Å². The molecule has 10 heteroatoms. The van der Waals surface area contributed by atoms with Crippen molar-refractivity contribution in [2.45, 2.75) is 77.3 Å². The fraction of sp³-hybridized carbons (Fsp3) is 0.448. The summed E-state index contributed by atoms with van der Waals surface area (Å²) in [5.41, 5.74) is 5.58. The minimum atomic E-state index is -1.11. The summed E-state index contributed by atoms with van der Waals surface area (Å²) >= 11 is 0. The van der Waals surface area contributed by atoms with E-state index in [2.05, 4.69) is 50.6 Å². The molecule has 0 spiro atoms. The van der Waals surface area contributed by atoms with Gasteiger partial charge in [-0.15, -0.1) is 0 Å². The molecule has 1 N–H and O–H groups in total. The van der Waals surface area contributed by atoms with Gasteiger partial charge in [0.25, 0.3) is 0 Å². The van der Waals surface area contributed by atoms with Crippen LogP contribution in [0.2, 0.25) is 0 Å². The van der Waals surface area contributed by atoms with Gasteiger partial charge < -0.3 is 10.2 Å². The van der Waals surface area contributed by atoms with Gasteiger partial charge >= 0.3 is 0 Å². The van der Waals surface area contributed by atoms with Gasteiger partial charge in [0.15, 0.2) is 18.0 Å². The number of rotatable bonds is 11. The summed E-state index contributed by atoms with van der Waals surface area (Å²) in [6.07, 6.45) is 8.58. The number of aromatic nitrogens is 3. The molecular weight excluding hydrogens is 510 g/mol. The summed E-state index contributed by atoms with van der Waals surface area (Å²) < 4.78 is 11.6. The van der Waals surface area contributed by atoms with Crippen molar-refractivity contribution in [3.05, 3.63) is 65.2 Å². The molecule has 2 aromatic rings. The van der Waals surface area contributed by atoms with Crippen molar-refractivity contribution in [1.29, 1.82) is 0 Å². The third-order valence-corrected chi connectivity index (χ3v) is 7.68. The SMILES string of the molecule is C=C(N=C(C(NC(C=O)=NCc1ccc(S(C)=O)cn1)=C(C)C)N(C)[C@@H](C)CC)c1c(C)ncnc1C1CC1. The van der Waals surface area contributed by atoms with E-state index < -0.39 is 10.8 Å². The second-order valence-corrected chi connectivity index (χ2v) is 11.4. The lowest BCUT2D eigenvalue weighted by atomic mass is 10.1. The molecule has 0 bridgehead atoms. The second kappa shape index (κ2) is 13.5. The summed E-state index contributed by atoms with van der Waals surface area (Å²) in [4.78, 5) is 37.6. The van der Waals surface area contributed by atoms with E-state index >= 15 is 0 Å². The van der Waals surface area contributed by atoms with Crippen molar-refractivity contribution in [2.75, 3.05) is 13.3 Å². The Bertz CT molecular complexity index is 1320. The number of nitrogens with one attached hydrogen (secondary N) is 1. The van der Waals surface area contributed by atoms with Gasteiger partial charge in [0, 0.05) is 37.0 Å². The first-order valence-corrected chi connectivity index (χ1v) is 14.7. The zero-order valence-electron chi connectivity index (χ0n) is 24.0. The van der Waals surface area contributed by atoms with Crippen molar-refractivity contribution in [3.8, 4) is 0 Å². The maximum absolute atomic E-state index is 12.1. The highest BCUT2D eigenvalue weighted by Crippen LogP contribution is 2.42. The van der Waals surface area contributed by atoms with E-state index in [4.69, 9.17) is 4.99 Å². The number of carbonyl (C=O) groups excluding carboxylic acids is 1. The van der Waals surface area contributed by atoms with E-state index in [1.807, 2.05) is 27.8 Å². The molecule has 0 saturated heterocycles. The minimum Gasteiger partial charge on any atom is -0.355 e. The van der Waals surface area contributed by atoms with Crippen LogP contribution in [0.15, 0.2) is 57.4 Å². The molecule has 0 radical (unpaired) electrons. The van der Waals surface area contributed by atoms with Crippen molar-refractivity contribution in [3.63, 3.8) is 0 Å². The van der Waals surface area contributed by atoms with E-state index in [1.165, 1.54) is 0 Å². The molecule has 1 aliphatic carbocycles. The summed E-state index contributed by atoms with van der Waals surface area (Å²) in [6.45, 7) is 14.6. The Kier molecular flexibility index (Phi) is 10.4. The molecule has 0 aliphatic heterocycles. The maximum atomic E-state index is 12.1. The topological polar surface area (TPSA) is 113 Å². The average molecular weight is 550 g/mol. The molecular formula is C29H39N7O2S. The van der Waals surface area contributed by atoms with E-state index in [1.54, 1.807) is 30.9 Å². The number of hydrogen-bond acceptors (Lipinski definition) is 7. The number of hydrogen-bond donors (Lipinski definition) is 1. The zero-order chi connectivity index (χ0) is 28.7. The Balaban J connectivity index is 1.98. The number of aldehydes is 1. The molecule has 1 fully saturated rings. The molecule has 3 rings (SSSR count). The molecule has 0 aromatic carbocycles. The predicted molar refractivity (Wildman–Crippen MR) is 158 cm³/mol. The largest absolute Gasteiger partial charge is 0.355 e. The van der Waals surface area contributed by atoms with E-state index in [0.717, 1.165) is 41.8 Å². The van der Waals surface area contributed by atoms with Crippen molar-refractivity contribution in [1.82, 2.24) is 25.2 Å². The molecule has 1 aliphatic rings. The number of allylic oxidation sites excluding steroid dienone is 1. The molecule has 2 heterocycles. The quantitative estimate of drug-likeness (QED) is 0.248. The Labute approximate surface area is 234 Å². The van der Waals surface area contributed by atoms with Crippen LogP contribution >= 0.6 is 0 Å². The highest BCUT2D eigenvalue weighted by atomic mass is 32.2. The van der Waals surface area contributed by atoms with Gasteiger partial charge in [-0.25, -0.2) is 15.0 Å². The molecule has 2 aromatic heterocycles. The van der Waals surface area contributed by atoms with E-state index in [0.29, 0.717) is 40.0 Å². The summed E-state index contributed by atoms with van der Waals surface area (Å²) in [6, 6.07) is 3.69. The van der Waals surface area contributed by atoms with Crippen LogP contribution < -0.4 is 5.32 Å². The number of aryl methyl sites for hydroxylation is 1. The van der Waals surface area contributed by atoms with Crippen LogP contribution in [-0.4, -0.2) is 61.4 Å². The first-order chi connectivity index (χ1) is 18.6. The van der Waals surface area contributed by atoms with Gasteiger partial charge in [-0.2, -0.15) is 0 Å². The Hall–Kier alpha value is -3.53. The smallest absolute Gasteiger partial charge is 0.185 e. The molecule has 1 unspecified atom stereocenters. The molecule has 1 saturated carbocycles. The zero-order valence-corrected chi connectivity index (χ0v) is 24.8. The fourth-order valence-corrected chi connectivity index (χ4v) is 4.43. The minimum absolute atomic E-state index is 0.157. The highest BCUT2D eigenvalue weighted by molar-refractivity contribution is 7.84.